The quantitative estimate of drug-likeness (QED) is 0.717. The molecule has 0 unspecified atom stereocenters. The van der Waals surface area contributed by atoms with Crippen molar-refractivity contribution in [3.8, 4) is 0 Å². The van der Waals surface area contributed by atoms with Crippen LogP contribution in [-0.2, 0) is 0 Å². The first-order valence-electron chi connectivity index (χ1n) is 6.41. The fourth-order valence-electron chi connectivity index (χ4n) is 2.72. The molecule has 0 bridgehead atoms. The highest BCUT2D eigenvalue weighted by Gasteiger charge is 2.33. The summed E-state index contributed by atoms with van der Waals surface area (Å²) in [5.41, 5.74) is 0.199. The molecule has 16 heavy (non-hydrogen) atoms. The molecule has 1 aliphatic heterocycles. The van der Waals surface area contributed by atoms with Gasteiger partial charge >= 0.3 is 0 Å². The molecule has 1 heterocycles. The zero-order valence-electron chi connectivity index (χ0n) is 10.5. The van der Waals surface area contributed by atoms with Crippen LogP contribution >= 0.6 is 0 Å². The van der Waals surface area contributed by atoms with Gasteiger partial charge in [0, 0.05) is 32.6 Å². The Morgan fingerprint density at radius 3 is 2.25 bits per heavy atom. The molecule has 1 aliphatic carbocycles. The molecule has 0 saturated carbocycles. The molecule has 2 rings (SSSR count). The van der Waals surface area contributed by atoms with Crippen LogP contribution in [0.2, 0.25) is 0 Å². The zero-order chi connectivity index (χ0) is 11.4. The average molecular weight is 219 g/mol. The Balaban J connectivity index is 2.09. The smallest absolute Gasteiger partial charge is 0.0576 e. The topological polar surface area (TPSA) is 6.48 Å². The zero-order valence-corrected chi connectivity index (χ0v) is 10.5. The van der Waals surface area contributed by atoms with E-state index in [0.717, 1.165) is 0 Å². The lowest BCUT2D eigenvalue weighted by molar-refractivity contribution is 0.0890. The van der Waals surface area contributed by atoms with Gasteiger partial charge in [-0.25, -0.2) is 0 Å². The molecule has 89 valence electrons. The van der Waals surface area contributed by atoms with Crippen LogP contribution in [0.4, 0.5) is 0 Å². The van der Waals surface area contributed by atoms with Crippen molar-refractivity contribution in [1.29, 1.82) is 0 Å². The second kappa shape index (κ2) is 5.15. The lowest BCUT2D eigenvalue weighted by atomic mass is 9.86. The largest absolute Gasteiger partial charge is 0.304 e. The lowest BCUT2D eigenvalue weighted by Gasteiger charge is -2.45. The van der Waals surface area contributed by atoms with E-state index in [0.29, 0.717) is 0 Å². The Kier molecular flexibility index (Phi) is 3.82. The number of allylic oxidation sites excluding steroid dienone is 2. The summed E-state index contributed by atoms with van der Waals surface area (Å²) < 4.78 is 0. The van der Waals surface area contributed by atoms with Crippen molar-refractivity contribution in [3.05, 3.63) is 30.7 Å². The SMILES string of the molecule is CCCC1(N2CCN(C)CC2)C=C[CH]C=C1. The molecule has 2 nitrogen and oxygen atoms in total. The van der Waals surface area contributed by atoms with E-state index in [1.54, 1.807) is 0 Å². The number of nitrogens with zero attached hydrogens (tertiary/aromatic N) is 2. The average Bonchev–Trinajstić information content (AvgIpc) is 2.31. The monoisotopic (exact) mass is 219 g/mol. The van der Waals surface area contributed by atoms with Crippen LogP contribution < -0.4 is 0 Å². The predicted octanol–water partition coefficient (Wildman–Crippen LogP) is 2.10. The van der Waals surface area contributed by atoms with E-state index in [4.69, 9.17) is 0 Å². The maximum absolute atomic E-state index is 2.64. The van der Waals surface area contributed by atoms with Crippen LogP contribution in [0.3, 0.4) is 0 Å². The molecule has 0 amide bonds. The van der Waals surface area contributed by atoms with Crippen molar-refractivity contribution in [1.82, 2.24) is 9.80 Å². The molecule has 0 N–H and O–H groups in total. The fourth-order valence-corrected chi connectivity index (χ4v) is 2.72. The number of rotatable bonds is 3. The van der Waals surface area contributed by atoms with Crippen LogP contribution in [0.15, 0.2) is 24.3 Å². The summed E-state index contributed by atoms with van der Waals surface area (Å²) in [4.78, 5) is 5.05. The third-order valence-corrected chi connectivity index (χ3v) is 3.73. The molecule has 0 aromatic carbocycles. The van der Waals surface area contributed by atoms with Gasteiger partial charge in [-0.2, -0.15) is 0 Å². The highest BCUT2D eigenvalue weighted by atomic mass is 15.3. The Morgan fingerprint density at radius 2 is 1.69 bits per heavy atom. The second-order valence-corrected chi connectivity index (χ2v) is 4.94. The summed E-state index contributed by atoms with van der Waals surface area (Å²) in [7, 11) is 2.21. The van der Waals surface area contributed by atoms with Crippen molar-refractivity contribution < 1.29 is 0 Å². The van der Waals surface area contributed by atoms with E-state index in [9.17, 15) is 0 Å². The van der Waals surface area contributed by atoms with E-state index >= 15 is 0 Å². The van der Waals surface area contributed by atoms with E-state index in [1.165, 1.54) is 39.0 Å². The van der Waals surface area contributed by atoms with Gasteiger partial charge in [0.05, 0.1) is 5.54 Å². The minimum absolute atomic E-state index is 0.199. The minimum Gasteiger partial charge on any atom is -0.304 e. The van der Waals surface area contributed by atoms with Gasteiger partial charge in [-0.3, -0.25) is 4.90 Å². The van der Waals surface area contributed by atoms with Crippen molar-refractivity contribution in [3.63, 3.8) is 0 Å². The molecule has 0 spiro atoms. The van der Waals surface area contributed by atoms with Gasteiger partial charge in [-0.1, -0.05) is 37.6 Å². The predicted molar refractivity (Wildman–Crippen MR) is 69.3 cm³/mol. The van der Waals surface area contributed by atoms with Crippen LogP contribution in [0.5, 0.6) is 0 Å². The molecule has 0 aromatic heterocycles. The summed E-state index contributed by atoms with van der Waals surface area (Å²) in [6.45, 7) is 7.03. The van der Waals surface area contributed by atoms with Gasteiger partial charge in [-0.15, -0.1) is 0 Å². The van der Waals surface area contributed by atoms with Crippen molar-refractivity contribution in [2.75, 3.05) is 33.2 Å². The highest BCUT2D eigenvalue weighted by Crippen LogP contribution is 2.29. The van der Waals surface area contributed by atoms with Gasteiger partial charge in [0.1, 0.15) is 0 Å². The Bertz CT molecular complexity index is 260. The molecule has 1 radical (unpaired) electrons. The van der Waals surface area contributed by atoms with Crippen molar-refractivity contribution in [2.45, 2.75) is 25.3 Å². The molecule has 0 aromatic rings. The van der Waals surface area contributed by atoms with Crippen LogP contribution in [-0.4, -0.2) is 48.6 Å². The van der Waals surface area contributed by atoms with E-state index in [2.05, 4.69) is 54.5 Å². The van der Waals surface area contributed by atoms with Gasteiger partial charge in [0.2, 0.25) is 0 Å². The molecule has 0 atom stereocenters. The Morgan fingerprint density at radius 1 is 1.06 bits per heavy atom. The van der Waals surface area contributed by atoms with E-state index in [-0.39, 0.29) is 5.54 Å². The number of hydrogen-bond donors (Lipinski definition) is 0. The molecular weight excluding hydrogens is 196 g/mol. The molecule has 1 saturated heterocycles. The number of piperazine rings is 1. The number of hydrogen-bond acceptors (Lipinski definition) is 2. The first-order valence-corrected chi connectivity index (χ1v) is 6.41. The minimum atomic E-state index is 0.199. The first-order chi connectivity index (χ1) is 7.77. The summed E-state index contributed by atoms with van der Waals surface area (Å²) >= 11 is 0. The van der Waals surface area contributed by atoms with E-state index < -0.39 is 0 Å². The molecule has 2 aliphatic rings. The lowest BCUT2D eigenvalue weighted by Crippen LogP contribution is -2.55. The third-order valence-electron chi connectivity index (χ3n) is 3.73. The highest BCUT2D eigenvalue weighted by molar-refractivity contribution is 5.30. The molecule has 1 fully saturated rings. The second-order valence-electron chi connectivity index (χ2n) is 4.94. The normalized spacial score (nSPS) is 26.1. The Hall–Kier alpha value is -0.600. The van der Waals surface area contributed by atoms with Gasteiger partial charge in [0.15, 0.2) is 0 Å². The maximum atomic E-state index is 2.64. The van der Waals surface area contributed by atoms with Gasteiger partial charge in [0.25, 0.3) is 0 Å². The van der Waals surface area contributed by atoms with Crippen LogP contribution in [0, 0.1) is 6.42 Å². The van der Waals surface area contributed by atoms with E-state index in [1.807, 2.05) is 0 Å². The summed E-state index contributed by atoms with van der Waals surface area (Å²) in [6.07, 6.45) is 13.8. The summed E-state index contributed by atoms with van der Waals surface area (Å²) in [5.74, 6) is 0. The Labute approximate surface area is 99.6 Å². The molecular formula is C14H23N2. The first kappa shape index (κ1) is 11.9. The third kappa shape index (κ3) is 2.38. The summed E-state index contributed by atoms with van der Waals surface area (Å²) in [5, 5.41) is 0. The van der Waals surface area contributed by atoms with Crippen LogP contribution in [0.1, 0.15) is 19.8 Å². The van der Waals surface area contributed by atoms with Gasteiger partial charge < -0.3 is 4.90 Å². The molecule has 2 heteroatoms. The summed E-state index contributed by atoms with van der Waals surface area (Å²) in [6, 6.07) is 0. The maximum Gasteiger partial charge on any atom is 0.0576 e. The van der Waals surface area contributed by atoms with Crippen molar-refractivity contribution >= 4 is 0 Å². The number of likely N-dealkylation sites (N-methyl/N-ethyl adjacent to an activating group) is 1. The van der Waals surface area contributed by atoms with Crippen molar-refractivity contribution in [2.24, 2.45) is 0 Å². The van der Waals surface area contributed by atoms with Gasteiger partial charge in [-0.05, 0) is 13.5 Å². The standard InChI is InChI=1S/C14H23N2/c1-3-7-14(8-5-4-6-9-14)16-12-10-15(2)11-13-16/h4-6,8-9H,3,7,10-13H2,1-2H3. The fraction of sp³-hybridized carbons (Fsp3) is 0.643. The van der Waals surface area contributed by atoms with Crippen LogP contribution in [0.25, 0.3) is 0 Å².